The van der Waals surface area contributed by atoms with Crippen molar-refractivity contribution < 1.29 is 19.2 Å². The van der Waals surface area contributed by atoms with E-state index in [0.29, 0.717) is 18.0 Å². The fraction of sp³-hybridized carbons (Fsp3) is 0.241. The molecule has 2 fully saturated rings. The lowest BCUT2D eigenvalue weighted by molar-refractivity contribution is -0.126. The fourth-order valence-corrected chi connectivity index (χ4v) is 5.30. The van der Waals surface area contributed by atoms with E-state index in [-0.39, 0.29) is 11.8 Å². The quantitative estimate of drug-likeness (QED) is 0.362. The standard InChI is InChI=1S/C29H27N3O4/c1-3-17-35-21-15-13-19(14-16-21)31-28(33)25-26(23-18-30(2)24-12-8-7-11-22(23)24)32(36-27(25)29(31)34)20-9-5-4-6-10-20/h4-16,18,25-27H,3,17H2,1-2H3. The number of carbonyl (C=O) groups excluding carboxylic acids is 2. The van der Waals surface area contributed by atoms with Gasteiger partial charge in [-0.25, -0.2) is 9.96 Å². The van der Waals surface area contributed by atoms with Crippen LogP contribution in [0.25, 0.3) is 10.9 Å². The van der Waals surface area contributed by atoms with Crippen molar-refractivity contribution in [2.75, 3.05) is 16.6 Å². The van der Waals surface area contributed by atoms with Crippen LogP contribution in [-0.2, 0) is 21.5 Å². The number of ether oxygens (including phenoxy) is 1. The molecule has 3 unspecified atom stereocenters. The molecule has 0 saturated carbocycles. The minimum absolute atomic E-state index is 0.261. The summed E-state index contributed by atoms with van der Waals surface area (Å²) in [6, 6.07) is 24.3. The largest absolute Gasteiger partial charge is 0.494 e. The van der Waals surface area contributed by atoms with E-state index in [9.17, 15) is 9.59 Å². The van der Waals surface area contributed by atoms with E-state index in [4.69, 9.17) is 9.57 Å². The summed E-state index contributed by atoms with van der Waals surface area (Å²) >= 11 is 0. The summed E-state index contributed by atoms with van der Waals surface area (Å²) in [4.78, 5) is 35.1. The highest BCUT2D eigenvalue weighted by Gasteiger charge is 2.60. The van der Waals surface area contributed by atoms with Crippen molar-refractivity contribution in [1.29, 1.82) is 0 Å². The first-order chi connectivity index (χ1) is 17.6. The predicted molar refractivity (Wildman–Crippen MR) is 138 cm³/mol. The van der Waals surface area contributed by atoms with E-state index < -0.39 is 18.1 Å². The Labute approximate surface area is 209 Å². The van der Waals surface area contributed by atoms with Gasteiger partial charge < -0.3 is 9.30 Å². The predicted octanol–water partition coefficient (Wildman–Crippen LogP) is 5.02. The summed E-state index contributed by atoms with van der Waals surface area (Å²) in [6.45, 7) is 2.65. The summed E-state index contributed by atoms with van der Waals surface area (Å²) in [5, 5.41) is 2.78. The first kappa shape index (κ1) is 22.4. The smallest absolute Gasteiger partial charge is 0.266 e. The van der Waals surface area contributed by atoms with Crippen LogP contribution in [0.4, 0.5) is 11.4 Å². The molecule has 0 N–H and O–H groups in total. The zero-order valence-electron chi connectivity index (χ0n) is 20.2. The highest BCUT2D eigenvalue weighted by molar-refractivity contribution is 6.24. The van der Waals surface area contributed by atoms with Crippen LogP contribution in [0.2, 0.25) is 0 Å². The molecule has 3 aromatic carbocycles. The topological polar surface area (TPSA) is 64.0 Å². The van der Waals surface area contributed by atoms with Gasteiger partial charge in [0.25, 0.3) is 5.91 Å². The minimum atomic E-state index is -0.905. The molecule has 2 saturated heterocycles. The van der Waals surface area contributed by atoms with Crippen molar-refractivity contribution in [2.45, 2.75) is 25.5 Å². The van der Waals surface area contributed by atoms with E-state index in [2.05, 4.69) is 16.7 Å². The Morgan fingerprint density at radius 2 is 1.58 bits per heavy atom. The SMILES string of the molecule is CCCOc1ccc(N2C(=O)C3ON(c4ccccc4)C(c4cn(C)c5ccccc45)C3C2=O)cc1. The number of carbonyl (C=O) groups is 2. The fourth-order valence-electron chi connectivity index (χ4n) is 5.30. The third kappa shape index (κ3) is 3.46. The van der Waals surface area contributed by atoms with Crippen LogP contribution >= 0.6 is 0 Å². The third-order valence-corrected chi connectivity index (χ3v) is 6.94. The molecule has 7 heteroatoms. The minimum Gasteiger partial charge on any atom is -0.494 e. The van der Waals surface area contributed by atoms with Gasteiger partial charge in [0.05, 0.1) is 24.0 Å². The van der Waals surface area contributed by atoms with Gasteiger partial charge in [-0.3, -0.25) is 14.4 Å². The number of nitrogens with zero attached hydrogens (tertiary/aromatic N) is 3. The molecule has 6 rings (SSSR count). The molecule has 0 aliphatic carbocycles. The summed E-state index contributed by atoms with van der Waals surface area (Å²) in [5.74, 6) is -0.584. The molecule has 0 bridgehead atoms. The van der Waals surface area contributed by atoms with Gasteiger partial charge in [0, 0.05) is 29.7 Å². The second-order valence-corrected chi connectivity index (χ2v) is 9.22. The number of rotatable bonds is 6. The van der Waals surface area contributed by atoms with E-state index in [0.717, 1.165) is 28.6 Å². The summed E-state index contributed by atoms with van der Waals surface area (Å²) < 4.78 is 7.71. The van der Waals surface area contributed by atoms with Crippen molar-refractivity contribution in [3.05, 3.63) is 90.6 Å². The number of hydroxylamine groups is 1. The number of aromatic nitrogens is 1. The van der Waals surface area contributed by atoms with E-state index in [1.165, 1.54) is 4.90 Å². The van der Waals surface area contributed by atoms with E-state index >= 15 is 0 Å². The van der Waals surface area contributed by atoms with Crippen molar-refractivity contribution in [3.8, 4) is 5.75 Å². The monoisotopic (exact) mass is 481 g/mol. The number of para-hydroxylation sites is 2. The molecule has 4 aromatic rings. The van der Waals surface area contributed by atoms with Gasteiger partial charge in [0.1, 0.15) is 11.7 Å². The van der Waals surface area contributed by atoms with Crippen LogP contribution in [0, 0.1) is 5.92 Å². The van der Waals surface area contributed by atoms with Gasteiger partial charge in [-0.2, -0.15) is 0 Å². The number of amides is 2. The molecule has 3 atom stereocenters. The lowest BCUT2D eigenvalue weighted by atomic mass is 9.90. The molecule has 2 aliphatic heterocycles. The number of imide groups is 1. The molecule has 0 spiro atoms. The Hall–Kier alpha value is -4.10. The molecule has 36 heavy (non-hydrogen) atoms. The first-order valence-electron chi connectivity index (χ1n) is 12.2. The van der Waals surface area contributed by atoms with Gasteiger partial charge >= 0.3 is 0 Å². The van der Waals surface area contributed by atoms with Gasteiger partial charge in [-0.15, -0.1) is 0 Å². The number of aryl methyl sites for hydroxylation is 1. The highest BCUT2D eigenvalue weighted by atomic mass is 16.7. The number of anilines is 2. The zero-order valence-corrected chi connectivity index (χ0v) is 20.2. The Balaban J connectivity index is 1.42. The van der Waals surface area contributed by atoms with Gasteiger partial charge in [0.15, 0.2) is 6.10 Å². The second kappa shape index (κ2) is 8.84. The Morgan fingerprint density at radius 1 is 0.861 bits per heavy atom. The van der Waals surface area contributed by atoms with E-state index in [1.807, 2.05) is 62.6 Å². The van der Waals surface area contributed by atoms with Gasteiger partial charge in [0.2, 0.25) is 5.91 Å². The summed E-state index contributed by atoms with van der Waals surface area (Å²) in [7, 11) is 1.99. The van der Waals surface area contributed by atoms with E-state index in [1.54, 1.807) is 29.3 Å². The molecular formula is C29H27N3O4. The Kier molecular flexibility index (Phi) is 5.49. The molecule has 1 aromatic heterocycles. The number of benzene rings is 3. The van der Waals surface area contributed by atoms with Crippen LogP contribution in [-0.4, -0.2) is 29.1 Å². The van der Waals surface area contributed by atoms with Crippen LogP contribution in [0.1, 0.15) is 24.9 Å². The number of hydrogen-bond donors (Lipinski definition) is 0. The van der Waals surface area contributed by atoms with Crippen LogP contribution in [0.15, 0.2) is 85.1 Å². The second-order valence-electron chi connectivity index (χ2n) is 9.22. The molecule has 7 nitrogen and oxygen atoms in total. The molecular weight excluding hydrogens is 454 g/mol. The first-order valence-corrected chi connectivity index (χ1v) is 12.2. The van der Waals surface area contributed by atoms with Crippen LogP contribution in [0.5, 0.6) is 5.75 Å². The Bertz CT molecular complexity index is 1430. The van der Waals surface area contributed by atoms with Crippen molar-refractivity contribution >= 4 is 34.1 Å². The molecule has 2 amide bonds. The highest BCUT2D eigenvalue weighted by Crippen LogP contribution is 2.49. The van der Waals surface area contributed by atoms with Crippen LogP contribution < -0.4 is 14.7 Å². The number of hydrogen-bond acceptors (Lipinski definition) is 5. The van der Waals surface area contributed by atoms with Crippen molar-refractivity contribution in [3.63, 3.8) is 0 Å². The van der Waals surface area contributed by atoms with Gasteiger partial charge in [-0.1, -0.05) is 43.3 Å². The van der Waals surface area contributed by atoms with Crippen LogP contribution in [0.3, 0.4) is 0 Å². The van der Waals surface area contributed by atoms with Crippen molar-refractivity contribution in [2.24, 2.45) is 13.0 Å². The number of fused-ring (bicyclic) bond motifs is 2. The molecule has 182 valence electrons. The maximum atomic E-state index is 13.9. The molecule has 0 radical (unpaired) electrons. The summed E-state index contributed by atoms with van der Waals surface area (Å²) in [6.07, 6.45) is 2.04. The molecule has 3 heterocycles. The summed E-state index contributed by atoms with van der Waals surface area (Å²) in [5.41, 5.74) is 3.33. The normalized spacial score (nSPS) is 21.4. The average molecular weight is 482 g/mol. The lowest BCUT2D eigenvalue weighted by Crippen LogP contribution is -2.37. The van der Waals surface area contributed by atoms with Gasteiger partial charge in [-0.05, 0) is 48.9 Å². The zero-order chi connectivity index (χ0) is 24.8. The third-order valence-electron chi connectivity index (χ3n) is 6.94. The Morgan fingerprint density at radius 3 is 2.33 bits per heavy atom. The van der Waals surface area contributed by atoms with Crippen molar-refractivity contribution in [1.82, 2.24) is 4.57 Å². The molecule has 2 aliphatic rings. The maximum Gasteiger partial charge on any atom is 0.266 e. The average Bonchev–Trinajstić information content (AvgIpc) is 3.54. The maximum absolute atomic E-state index is 13.9. The lowest BCUT2D eigenvalue weighted by Gasteiger charge is -2.28.